The summed E-state index contributed by atoms with van der Waals surface area (Å²) in [4.78, 5) is 37.0. The third-order valence-corrected chi connectivity index (χ3v) is 3.77. The van der Waals surface area contributed by atoms with Crippen molar-refractivity contribution < 1.29 is 4.74 Å². The van der Waals surface area contributed by atoms with E-state index in [-0.39, 0.29) is 10.7 Å². The number of rotatable bonds is 4. The van der Waals surface area contributed by atoms with E-state index in [1.165, 1.54) is 12.4 Å². The maximum Gasteiger partial charge on any atom is 0.272 e. The van der Waals surface area contributed by atoms with Crippen molar-refractivity contribution in [2.45, 2.75) is 6.92 Å². The topological polar surface area (TPSA) is 104 Å². The largest absolute Gasteiger partial charge is 0.497 e. The average Bonchev–Trinajstić information content (AvgIpc) is 3.08. The fraction of sp³-hybridized carbons (Fsp3) is 0.105. The highest BCUT2D eigenvalue weighted by Crippen LogP contribution is 2.13. The molecule has 3 rings (SSSR count). The molecule has 26 heavy (non-hydrogen) atoms. The van der Waals surface area contributed by atoms with Crippen LogP contribution in [0.2, 0.25) is 0 Å². The summed E-state index contributed by atoms with van der Waals surface area (Å²) in [5.41, 5.74) is 1.91. The Morgan fingerprint density at radius 2 is 1.85 bits per heavy atom. The molecule has 2 heterocycles. The molecule has 0 saturated carbocycles. The number of imidazole rings is 1. The second kappa shape index (κ2) is 7.10. The fourth-order valence-electron chi connectivity index (χ4n) is 2.49. The maximum atomic E-state index is 12.4. The van der Waals surface area contributed by atoms with Crippen LogP contribution in [0, 0.1) is 0 Å². The van der Waals surface area contributed by atoms with Crippen molar-refractivity contribution in [3.05, 3.63) is 85.5 Å². The van der Waals surface area contributed by atoms with E-state index in [9.17, 15) is 9.59 Å². The van der Waals surface area contributed by atoms with Crippen LogP contribution in [0.5, 0.6) is 5.75 Å². The summed E-state index contributed by atoms with van der Waals surface area (Å²) in [6.07, 6.45) is 4.60. The highest BCUT2D eigenvalue weighted by molar-refractivity contribution is 5.66. The Morgan fingerprint density at radius 1 is 1.15 bits per heavy atom. The van der Waals surface area contributed by atoms with E-state index in [0.29, 0.717) is 17.1 Å². The lowest BCUT2D eigenvalue weighted by Crippen LogP contribution is -2.46. The fourth-order valence-corrected chi connectivity index (χ4v) is 2.49. The van der Waals surface area contributed by atoms with Gasteiger partial charge in [-0.3, -0.25) is 9.59 Å². The van der Waals surface area contributed by atoms with Gasteiger partial charge in [-0.25, -0.2) is 4.98 Å². The van der Waals surface area contributed by atoms with Gasteiger partial charge in [0, 0.05) is 0 Å². The van der Waals surface area contributed by atoms with Crippen molar-refractivity contribution >= 4 is 17.7 Å². The number of hydrogen-bond donors (Lipinski definition) is 3. The zero-order chi connectivity index (χ0) is 18.7. The first-order chi connectivity index (χ1) is 12.5. The SMILES string of the molecule is C=C(C)c1[nH]cnc1/C=c1\[nH]c(=O)/c(=C/c2cccc(OC)c2)[nH]c1=O. The molecule has 3 aromatic rings. The first-order valence-electron chi connectivity index (χ1n) is 7.87. The van der Waals surface area contributed by atoms with Gasteiger partial charge in [-0.05, 0) is 42.3 Å². The van der Waals surface area contributed by atoms with E-state index in [1.807, 2.05) is 13.0 Å². The smallest absolute Gasteiger partial charge is 0.272 e. The van der Waals surface area contributed by atoms with Gasteiger partial charge >= 0.3 is 0 Å². The van der Waals surface area contributed by atoms with Crippen LogP contribution in [-0.4, -0.2) is 27.0 Å². The molecule has 1 aromatic carbocycles. The number of benzene rings is 1. The van der Waals surface area contributed by atoms with Crippen molar-refractivity contribution in [3.63, 3.8) is 0 Å². The van der Waals surface area contributed by atoms with Crippen molar-refractivity contribution in [2.75, 3.05) is 7.11 Å². The quantitative estimate of drug-likeness (QED) is 0.637. The van der Waals surface area contributed by atoms with Gasteiger partial charge in [0.05, 0.1) is 24.8 Å². The minimum atomic E-state index is -0.422. The van der Waals surface area contributed by atoms with E-state index >= 15 is 0 Å². The molecule has 0 fully saturated rings. The van der Waals surface area contributed by atoms with E-state index in [0.717, 1.165) is 11.1 Å². The normalized spacial score (nSPS) is 12.4. The van der Waals surface area contributed by atoms with Crippen LogP contribution in [0.3, 0.4) is 0 Å². The van der Waals surface area contributed by atoms with Crippen molar-refractivity contribution in [2.24, 2.45) is 0 Å². The standard InChI is InChI=1S/C19H18N4O3/c1-11(2)17-14(20-10-21-17)9-16-19(25)22-15(18(24)23-16)8-12-5-4-6-13(7-12)26-3/h4-10H,1H2,2-3H3,(H,20,21)(H,22,25)(H,23,24)/b15-8-,16-9-. The lowest BCUT2D eigenvalue weighted by molar-refractivity contribution is 0.414. The Balaban J connectivity index is 2.12. The minimum absolute atomic E-state index is 0.118. The molecule has 0 aliphatic heterocycles. The molecule has 0 amide bonds. The van der Waals surface area contributed by atoms with Crippen LogP contribution in [0.15, 0.2) is 46.8 Å². The van der Waals surface area contributed by atoms with Crippen LogP contribution >= 0.6 is 0 Å². The summed E-state index contributed by atoms with van der Waals surface area (Å²) in [5, 5.41) is 0.273. The number of allylic oxidation sites excluding steroid dienone is 1. The maximum absolute atomic E-state index is 12.4. The Hall–Kier alpha value is -3.61. The van der Waals surface area contributed by atoms with E-state index in [2.05, 4.69) is 26.5 Å². The molecule has 7 nitrogen and oxygen atoms in total. The molecule has 0 aliphatic rings. The highest BCUT2D eigenvalue weighted by atomic mass is 16.5. The Morgan fingerprint density at radius 3 is 2.50 bits per heavy atom. The Kier molecular flexibility index (Phi) is 4.70. The zero-order valence-corrected chi connectivity index (χ0v) is 14.4. The van der Waals surface area contributed by atoms with Gasteiger partial charge in [0.15, 0.2) is 0 Å². The molecule has 2 aromatic heterocycles. The summed E-state index contributed by atoms with van der Waals surface area (Å²) in [6, 6.07) is 7.17. The van der Waals surface area contributed by atoms with Crippen molar-refractivity contribution in [1.29, 1.82) is 0 Å². The number of H-pyrrole nitrogens is 3. The van der Waals surface area contributed by atoms with E-state index < -0.39 is 11.1 Å². The summed E-state index contributed by atoms with van der Waals surface area (Å²) in [7, 11) is 1.56. The molecule has 132 valence electrons. The van der Waals surface area contributed by atoms with Gasteiger partial charge in [0.2, 0.25) is 0 Å². The molecule has 0 saturated heterocycles. The lowest BCUT2D eigenvalue weighted by atomic mass is 10.2. The van der Waals surface area contributed by atoms with Crippen LogP contribution < -0.4 is 26.6 Å². The van der Waals surface area contributed by atoms with Gasteiger partial charge in [-0.15, -0.1) is 0 Å². The number of ether oxygens (including phenoxy) is 1. The Labute approximate surface area is 148 Å². The lowest BCUT2D eigenvalue weighted by Gasteiger charge is -1.99. The second-order valence-corrected chi connectivity index (χ2v) is 5.74. The monoisotopic (exact) mass is 350 g/mol. The van der Waals surface area contributed by atoms with Gasteiger partial charge in [-0.2, -0.15) is 0 Å². The van der Waals surface area contributed by atoms with Crippen LogP contribution in [0.4, 0.5) is 0 Å². The zero-order valence-electron chi connectivity index (χ0n) is 14.4. The first kappa shape index (κ1) is 17.2. The summed E-state index contributed by atoms with van der Waals surface area (Å²) < 4.78 is 5.15. The first-order valence-corrected chi connectivity index (χ1v) is 7.87. The second-order valence-electron chi connectivity index (χ2n) is 5.74. The van der Waals surface area contributed by atoms with Gasteiger partial charge < -0.3 is 19.7 Å². The number of hydrogen-bond acceptors (Lipinski definition) is 4. The number of nitrogens with one attached hydrogen (secondary N) is 3. The minimum Gasteiger partial charge on any atom is -0.497 e. The predicted octanol–water partition coefficient (Wildman–Crippen LogP) is 0.486. The highest BCUT2D eigenvalue weighted by Gasteiger charge is 2.04. The van der Waals surface area contributed by atoms with Gasteiger partial charge in [0.25, 0.3) is 11.1 Å². The predicted molar refractivity (Wildman–Crippen MR) is 100 cm³/mol. The molecule has 0 unspecified atom stereocenters. The molecular weight excluding hydrogens is 332 g/mol. The molecule has 0 radical (unpaired) electrons. The van der Waals surface area contributed by atoms with Gasteiger partial charge in [0.1, 0.15) is 16.4 Å². The van der Waals surface area contributed by atoms with Crippen molar-refractivity contribution in [3.8, 4) is 5.75 Å². The molecule has 0 atom stereocenters. The average molecular weight is 350 g/mol. The van der Waals surface area contributed by atoms with Crippen LogP contribution in [0.25, 0.3) is 17.7 Å². The van der Waals surface area contributed by atoms with Gasteiger partial charge in [-0.1, -0.05) is 18.7 Å². The number of methoxy groups -OCH3 is 1. The molecule has 3 N–H and O–H groups in total. The Bertz CT molecular complexity index is 1200. The molecule has 0 aliphatic carbocycles. The number of aromatic amines is 3. The van der Waals surface area contributed by atoms with Crippen molar-refractivity contribution in [1.82, 2.24) is 19.9 Å². The molecule has 0 bridgehead atoms. The van der Waals surface area contributed by atoms with Crippen LogP contribution in [0.1, 0.15) is 23.9 Å². The number of aromatic nitrogens is 4. The molecular formula is C19H18N4O3. The third-order valence-electron chi connectivity index (χ3n) is 3.77. The summed E-state index contributed by atoms with van der Waals surface area (Å²) >= 11 is 0. The van der Waals surface area contributed by atoms with E-state index in [4.69, 9.17) is 4.74 Å². The number of nitrogens with zero attached hydrogens (tertiary/aromatic N) is 1. The van der Waals surface area contributed by atoms with E-state index in [1.54, 1.807) is 31.4 Å². The van der Waals surface area contributed by atoms with Crippen LogP contribution in [-0.2, 0) is 0 Å². The summed E-state index contributed by atoms with van der Waals surface area (Å²) in [5.74, 6) is 0.660. The third kappa shape index (κ3) is 3.56. The molecule has 0 spiro atoms. The molecule has 7 heteroatoms. The summed E-state index contributed by atoms with van der Waals surface area (Å²) in [6.45, 7) is 5.67.